The van der Waals surface area contributed by atoms with Crippen molar-refractivity contribution in [3.05, 3.63) is 102 Å². The van der Waals surface area contributed by atoms with Crippen LogP contribution in [0.15, 0.2) is 95.0 Å². The number of hydrogen-bond donors (Lipinski definition) is 0. The highest BCUT2D eigenvalue weighted by Gasteiger charge is 2.52. The number of sulfone groups is 1. The molecule has 2 saturated carbocycles. The van der Waals surface area contributed by atoms with Crippen LogP contribution in [-0.4, -0.2) is 44.9 Å². The van der Waals surface area contributed by atoms with Crippen LogP contribution in [0.4, 0.5) is 0 Å². The maximum Gasteiger partial charge on any atom is 0.360 e. The average molecular weight is 576 g/mol. The van der Waals surface area contributed by atoms with Crippen LogP contribution in [-0.2, 0) is 33.7 Å². The SMILES string of the molecule is COC(=O)/C(=N/OCC1CCC2(C1)O[C@H](c1ccccc1)[C@@H](c1ccccc1)O2)c1ccc(S(=O)(=O)C2CC2)cc1. The number of benzene rings is 3. The molecule has 1 aliphatic heterocycles. The first-order valence-electron chi connectivity index (χ1n) is 14.0. The Kier molecular flexibility index (Phi) is 7.68. The molecular formula is C32H33NO7S. The molecule has 2 aliphatic carbocycles. The largest absolute Gasteiger partial charge is 0.464 e. The lowest BCUT2D eigenvalue weighted by Crippen LogP contribution is -2.27. The van der Waals surface area contributed by atoms with Gasteiger partial charge >= 0.3 is 5.97 Å². The van der Waals surface area contributed by atoms with Crippen LogP contribution in [0.3, 0.4) is 0 Å². The third-order valence-electron chi connectivity index (χ3n) is 8.01. The number of oxime groups is 1. The van der Waals surface area contributed by atoms with E-state index in [0.29, 0.717) is 24.8 Å². The third kappa shape index (κ3) is 5.80. The van der Waals surface area contributed by atoms with Crippen molar-refractivity contribution >= 4 is 21.5 Å². The maximum atomic E-state index is 12.5. The van der Waals surface area contributed by atoms with Crippen LogP contribution in [0.2, 0.25) is 0 Å². The number of esters is 1. The van der Waals surface area contributed by atoms with Crippen LogP contribution < -0.4 is 0 Å². The van der Waals surface area contributed by atoms with Crippen molar-refractivity contribution in [2.24, 2.45) is 11.1 Å². The molecule has 0 bridgehead atoms. The zero-order valence-corrected chi connectivity index (χ0v) is 23.7. The summed E-state index contributed by atoms with van der Waals surface area (Å²) < 4.78 is 43.3. The summed E-state index contributed by atoms with van der Waals surface area (Å²) in [7, 11) is -2.06. The summed E-state index contributed by atoms with van der Waals surface area (Å²) in [5.74, 6) is -1.29. The Morgan fingerprint density at radius 3 is 2.00 bits per heavy atom. The normalized spacial score (nSPS) is 23.9. The molecule has 41 heavy (non-hydrogen) atoms. The molecule has 9 heteroatoms. The standard InChI is InChI=1S/C32H33NO7S/c1-37-31(34)28(23-12-14-26(15-13-23)41(35,36)27-16-17-27)33-38-21-22-18-19-32(20-22)39-29(24-8-4-2-5-9-24)30(40-32)25-10-6-3-7-11-25/h2-15,22,27,29-30H,16-21H2,1H3/b33-28+/t22?,29-,30-/m1/s1. The lowest BCUT2D eigenvalue weighted by atomic mass is 9.99. The zero-order chi connectivity index (χ0) is 28.5. The zero-order valence-electron chi connectivity index (χ0n) is 22.8. The molecular weight excluding hydrogens is 542 g/mol. The number of carbonyl (C=O) groups excluding carboxylic acids is 1. The van der Waals surface area contributed by atoms with Crippen molar-refractivity contribution < 1.29 is 32.3 Å². The van der Waals surface area contributed by atoms with Gasteiger partial charge in [-0.05, 0) is 42.5 Å². The summed E-state index contributed by atoms with van der Waals surface area (Å²) in [6.45, 7) is 0.273. The van der Waals surface area contributed by atoms with Gasteiger partial charge in [-0.15, -0.1) is 0 Å². The Hall–Kier alpha value is -3.53. The molecule has 3 fully saturated rings. The third-order valence-corrected chi connectivity index (χ3v) is 10.3. The van der Waals surface area contributed by atoms with Gasteiger partial charge in [0.1, 0.15) is 18.8 Å². The van der Waals surface area contributed by atoms with Gasteiger partial charge in [0.05, 0.1) is 17.3 Å². The summed E-state index contributed by atoms with van der Waals surface area (Å²) in [6, 6.07) is 26.4. The number of carbonyl (C=O) groups is 1. The average Bonchev–Trinajstić information content (AvgIpc) is 3.72. The number of ether oxygens (including phenoxy) is 3. The van der Waals surface area contributed by atoms with Crippen molar-refractivity contribution in [3.63, 3.8) is 0 Å². The van der Waals surface area contributed by atoms with E-state index in [1.807, 2.05) is 36.4 Å². The molecule has 1 saturated heterocycles. The van der Waals surface area contributed by atoms with Crippen LogP contribution in [0.25, 0.3) is 0 Å². The van der Waals surface area contributed by atoms with Gasteiger partial charge in [0.15, 0.2) is 21.3 Å². The van der Waals surface area contributed by atoms with Crippen molar-refractivity contribution in [3.8, 4) is 0 Å². The van der Waals surface area contributed by atoms with E-state index in [4.69, 9.17) is 19.0 Å². The van der Waals surface area contributed by atoms with Gasteiger partial charge in [0.2, 0.25) is 0 Å². The Bertz CT molecular complexity index is 1460. The molecule has 0 aromatic heterocycles. The minimum Gasteiger partial charge on any atom is -0.464 e. The lowest BCUT2D eigenvalue weighted by molar-refractivity contribution is -0.173. The predicted molar refractivity (Wildman–Crippen MR) is 152 cm³/mol. The second-order valence-corrected chi connectivity index (χ2v) is 13.1. The van der Waals surface area contributed by atoms with Crippen molar-refractivity contribution in [1.29, 1.82) is 0 Å². The molecule has 3 aromatic rings. The molecule has 1 heterocycles. The maximum absolute atomic E-state index is 12.5. The Morgan fingerprint density at radius 1 is 0.878 bits per heavy atom. The summed E-state index contributed by atoms with van der Waals surface area (Å²) in [5, 5.41) is 3.81. The first-order valence-corrected chi connectivity index (χ1v) is 15.5. The molecule has 0 amide bonds. The van der Waals surface area contributed by atoms with E-state index in [9.17, 15) is 13.2 Å². The van der Waals surface area contributed by atoms with Gasteiger partial charge in [0.25, 0.3) is 0 Å². The molecule has 214 valence electrons. The Morgan fingerprint density at radius 2 is 1.46 bits per heavy atom. The molecule has 1 spiro atoms. The van der Waals surface area contributed by atoms with Gasteiger partial charge in [-0.3, -0.25) is 0 Å². The first kappa shape index (κ1) is 27.6. The van der Waals surface area contributed by atoms with Crippen molar-refractivity contribution in [2.75, 3.05) is 13.7 Å². The van der Waals surface area contributed by atoms with Gasteiger partial charge in [-0.1, -0.05) is 78.0 Å². The molecule has 3 atom stereocenters. The number of nitrogens with zero attached hydrogens (tertiary/aromatic N) is 1. The summed E-state index contributed by atoms with van der Waals surface area (Å²) in [4.78, 5) is 18.4. The molecule has 6 rings (SSSR count). The summed E-state index contributed by atoms with van der Waals surface area (Å²) in [5.41, 5.74) is 2.55. The lowest BCUT2D eigenvalue weighted by Gasteiger charge is -2.23. The van der Waals surface area contributed by atoms with E-state index in [-0.39, 0.29) is 40.6 Å². The smallest absolute Gasteiger partial charge is 0.360 e. The Labute approximate surface area is 240 Å². The van der Waals surface area contributed by atoms with E-state index in [2.05, 4.69) is 29.4 Å². The topological polar surface area (TPSA) is 100 Å². The van der Waals surface area contributed by atoms with Crippen LogP contribution in [0.1, 0.15) is 61.0 Å². The fraction of sp³-hybridized carbons (Fsp3) is 0.375. The highest BCUT2D eigenvalue weighted by Crippen LogP contribution is 2.54. The van der Waals surface area contributed by atoms with Crippen LogP contribution >= 0.6 is 0 Å². The highest BCUT2D eigenvalue weighted by molar-refractivity contribution is 7.92. The van der Waals surface area contributed by atoms with Crippen LogP contribution in [0, 0.1) is 5.92 Å². The van der Waals surface area contributed by atoms with E-state index >= 15 is 0 Å². The minimum atomic E-state index is -3.33. The van der Waals surface area contributed by atoms with Gasteiger partial charge in [-0.25, -0.2) is 13.2 Å². The highest BCUT2D eigenvalue weighted by atomic mass is 32.2. The van der Waals surface area contributed by atoms with E-state index in [1.54, 1.807) is 12.1 Å². The fourth-order valence-corrected chi connectivity index (χ4v) is 7.35. The quantitative estimate of drug-likeness (QED) is 0.188. The van der Waals surface area contributed by atoms with Crippen molar-refractivity contribution in [2.45, 2.75) is 60.2 Å². The molecule has 0 radical (unpaired) electrons. The number of methoxy groups -OCH3 is 1. The monoisotopic (exact) mass is 575 g/mol. The first-order chi connectivity index (χ1) is 19.9. The predicted octanol–water partition coefficient (Wildman–Crippen LogP) is 5.54. The molecule has 3 aliphatic rings. The van der Waals surface area contributed by atoms with Gasteiger partial charge < -0.3 is 19.0 Å². The van der Waals surface area contributed by atoms with Gasteiger partial charge in [0, 0.05) is 24.3 Å². The molecule has 3 aromatic carbocycles. The molecule has 0 N–H and O–H groups in total. The van der Waals surface area contributed by atoms with Gasteiger partial charge in [-0.2, -0.15) is 0 Å². The fourth-order valence-electron chi connectivity index (χ4n) is 5.69. The van der Waals surface area contributed by atoms with E-state index < -0.39 is 21.6 Å². The van der Waals surface area contributed by atoms with Crippen LogP contribution in [0.5, 0.6) is 0 Å². The number of rotatable bonds is 9. The van der Waals surface area contributed by atoms with E-state index in [0.717, 1.165) is 24.0 Å². The summed E-state index contributed by atoms with van der Waals surface area (Å²) in [6.07, 6.45) is 3.09. The van der Waals surface area contributed by atoms with E-state index in [1.165, 1.54) is 19.2 Å². The molecule has 1 unspecified atom stereocenters. The second-order valence-electron chi connectivity index (χ2n) is 10.9. The van der Waals surface area contributed by atoms with Crippen molar-refractivity contribution in [1.82, 2.24) is 0 Å². The second kappa shape index (κ2) is 11.4. The minimum absolute atomic E-state index is 0.0165. The Balaban J connectivity index is 1.14. The number of hydrogen-bond acceptors (Lipinski definition) is 8. The summed E-state index contributed by atoms with van der Waals surface area (Å²) >= 11 is 0. The molecule has 8 nitrogen and oxygen atoms in total.